The second-order valence-corrected chi connectivity index (χ2v) is 20.5. The molecule has 4 rings (SSSR count). The molecule has 1 fully saturated rings. The maximum atomic E-state index is 14.0. The van der Waals surface area contributed by atoms with Crippen molar-refractivity contribution in [1.29, 1.82) is 0 Å². The number of likely N-dealkylation sites (tertiary alicyclic amines) is 1. The summed E-state index contributed by atoms with van der Waals surface area (Å²) in [6, 6.07) is 14.6. The number of pyridine rings is 2. The Morgan fingerprint density at radius 3 is 2.04 bits per heavy atom. The van der Waals surface area contributed by atoms with E-state index in [2.05, 4.69) is 43.8 Å². The van der Waals surface area contributed by atoms with Crippen molar-refractivity contribution in [1.82, 2.24) is 19.8 Å². The monoisotopic (exact) mass is 698 g/mol. The Kier molecular flexibility index (Phi) is 11.5. The quantitative estimate of drug-likeness (QED) is 0.164. The molecule has 1 aliphatic rings. The molecule has 2 aromatic heterocycles. The van der Waals surface area contributed by atoms with Gasteiger partial charge in [0, 0.05) is 43.2 Å². The molecule has 11 heteroatoms. The lowest BCUT2D eigenvalue weighted by molar-refractivity contribution is -0.00244. The highest BCUT2D eigenvalue weighted by atomic mass is 35.5. The van der Waals surface area contributed by atoms with Gasteiger partial charge in [0.05, 0.1) is 12.1 Å². The van der Waals surface area contributed by atoms with Crippen LogP contribution in [0, 0.1) is 0 Å². The van der Waals surface area contributed by atoms with Crippen molar-refractivity contribution in [2.24, 2.45) is 0 Å². The highest BCUT2D eigenvalue weighted by Crippen LogP contribution is 2.44. The summed E-state index contributed by atoms with van der Waals surface area (Å²) in [5.74, 6) is -0.0926. The molecule has 2 amide bonds. The first-order valence-corrected chi connectivity index (χ1v) is 19.8. The van der Waals surface area contributed by atoms with Gasteiger partial charge < -0.3 is 14.1 Å². The molecular formula is C36H48Cl2N4O4Si. The lowest BCUT2D eigenvalue weighted by atomic mass is 10.0. The van der Waals surface area contributed by atoms with E-state index in [0.717, 1.165) is 29.5 Å². The van der Waals surface area contributed by atoms with E-state index >= 15 is 0 Å². The zero-order chi connectivity index (χ0) is 34.7. The maximum Gasteiger partial charge on any atom is 0.410 e. The van der Waals surface area contributed by atoms with Crippen LogP contribution >= 0.6 is 23.2 Å². The molecule has 1 aromatic carbocycles. The van der Waals surface area contributed by atoms with Crippen LogP contribution in [-0.4, -0.2) is 64.8 Å². The number of ether oxygens (including phenoxy) is 1. The third-order valence-electron chi connectivity index (χ3n) is 9.03. The summed E-state index contributed by atoms with van der Waals surface area (Å²) in [6.07, 6.45) is 4.81. The Balaban J connectivity index is 1.59. The molecule has 0 unspecified atom stereocenters. The normalized spacial score (nSPS) is 17.8. The van der Waals surface area contributed by atoms with Crippen LogP contribution in [0.1, 0.15) is 87.5 Å². The van der Waals surface area contributed by atoms with Crippen LogP contribution in [0.5, 0.6) is 0 Å². The van der Waals surface area contributed by atoms with E-state index in [1.165, 1.54) is 0 Å². The summed E-state index contributed by atoms with van der Waals surface area (Å²) >= 11 is 12.1. The molecule has 47 heavy (non-hydrogen) atoms. The molecule has 0 bridgehead atoms. The predicted molar refractivity (Wildman–Crippen MR) is 190 cm³/mol. The molecule has 0 spiro atoms. The van der Waals surface area contributed by atoms with Crippen molar-refractivity contribution in [3.63, 3.8) is 0 Å². The van der Waals surface area contributed by atoms with E-state index in [0.29, 0.717) is 28.8 Å². The highest BCUT2D eigenvalue weighted by molar-refractivity contribution is 6.74. The van der Waals surface area contributed by atoms with E-state index in [4.69, 9.17) is 32.4 Å². The molecular weight excluding hydrogens is 651 g/mol. The van der Waals surface area contributed by atoms with E-state index in [9.17, 15) is 9.59 Å². The van der Waals surface area contributed by atoms with Gasteiger partial charge in [-0.25, -0.2) is 14.8 Å². The molecule has 1 aliphatic heterocycles. The first kappa shape index (κ1) is 36.8. The maximum absolute atomic E-state index is 14.0. The number of halogens is 2. The summed E-state index contributed by atoms with van der Waals surface area (Å²) in [7, 11) is -0.513. The second kappa shape index (κ2) is 14.6. The summed E-state index contributed by atoms with van der Waals surface area (Å²) in [5.41, 5.74) is 2.73. The minimum absolute atomic E-state index is 0.0428. The Labute approximate surface area is 290 Å². The first-order chi connectivity index (χ1) is 21.8. The van der Waals surface area contributed by atoms with Crippen LogP contribution in [0.3, 0.4) is 0 Å². The van der Waals surface area contributed by atoms with Crippen LogP contribution in [0.15, 0.2) is 60.9 Å². The van der Waals surface area contributed by atoms with Crippen LogP contribution in [0.4, 0.5) is 4.79 Å². The first-order valence-electron chi connectivity index (χ1n) is 16.1. The minimum Gasteiger partial charge on any atom is -0.444 e. The van der Waals surface area contributed by atoms with Crippen LogP contribution in [0.25, 0.3) is 0 Å². The summed E-state index contributed by atoms with van der Waals surface area (Å²) in [4.78, 5) is 39.2. The number of hydrogen-bond donors (Lipinski definition) is 0. The van der Waals surface area contributed by atoms with Gasteiger partial charge in [0.25, 0.3) is 5.91 Å². The van der Waals surface area contributed by atoms with Crippen molar-refractivity contribution < 1.29 is 18.8 Å². The molecule has 1 saturated heterocycles. The lowest BCUT2D eigenvalue weighted by Gasteiger charge is -2.43. The predicted octanol–water partition coefficient (Wildman–Crippen LogP) is 9.13. The van der Waals surface area contributed by atoms with Gasteiger partial charge in [0.1, 0.15) is 15.9 Å². The molecule has 3 atom stereocenters. The third-order valence-corrected chi connectivity index (χ3v) is 13.9. The smallest absolute Gasteiger partial charge is 0.410 e. The van der Waals surface area contributed by atoms with Gasteiger partial charge in [-0.3, -0.25) is 9.69 Å². The zero-order valence-electron chi connectivity index (χ0n) is 29.0. The fourth-order valence-electron chi connectivity index (χ4n) is 5.55. The van der Waals surface area contributed by atoms with E-state index in [1.54, 1.807) is 36.5 Å². The fourth-order valence-corrected chi connectivity index (χ4v) is 7.05. The minimum atomic E-state index is -2.28. The Morgan fingerprint density at radius 2 is 1.51 bits per heavy atom. The number of benzene rings is 1. The van der Waals surface area contributed by atoms with Crippen LogP contribution in [-0.2, 0) is 22.1 Å². The van der Waals surface area contributed by atoms with Crippen LogP contribution < -0.4 is 0 Å². The van der Waals surface area contributed by atoms with Gasteiger partial charge in [-0.05, 0) is 93.6 Å². The largest absolute Gasteiger partial charge is 0.444 e. The number of rotatable bonds is 9. The van der Waals surface area contributed by atoms with Gasteiger partial charge >= 0.3 is 6.09 Å². The molecule has 3 aromatic rings. The van der Waals surface area contributed by atoms with Crippen molar-refractivity contribution in [2.45, 2.75) is 109 Å². The summed E-state index contributed by atoms with van der Waals surface area (Å²) in [6.45, 7) is 17.1. The van der Waals surface area contributed by atoms with E-state index < -0.39 is 20.0 Å². The van der Waals surface area contributed by atoms with Crippen LogP contribution in [0.2, 0.25) is 28.4 Å². The molecule has 8 nitrogen and oxygen atoms in total. The molecule has 0 N–H and O–H groups in total. The molecule has 0 saturated carbocycles. The number of amides is 2. The second-order valence-electron chi connectivity index (χ2n) is 15.0. The van der Waals surface area contributed by atoms with Gasteiger partial charge in [-0.1, -0.05) is 68.2 Å². The number of hydrogen-bond acceptors (Lipinski definition) is 6. The van der Waals surface area contributed by atoms with E-state index in [-0.39, 0.29) is 29.1 Å². The van der Waals surface area contributed by atoms with Crippen molar-refractivity contribution in [3.05, 3.63) is 93.5 Å². The molecule has 3 heterocycles. The Bertz CT molecular complexity index is 1520. The molecule has 254 valence electrons. The third kappa shape index (κ3) is 9.56. The van der Waals surface area contributed by atoms with Gasteiger partial charge in [0.15, 0.2) is 8.32 Å². The average molecular weight is 700 g/mol. The fraction of sp³-hybridized carbons (Fsp3) is 0.500. The topological polar surface area (TPSA) is 84.9 Å². The van der Waals surface area contributed by atoms with Crippen molar-refractivity contribution in [2.75, 3.05) is 7.05 Å². The van der Waals surface area contributed by atoms with Gasteiger partial charge in [-0.2, -0.15) is 0 Å². The summed E-state index contributed by atoms with van der Waals surface area (Å²) in [5, 5.41) is 0.778. The molecule has 0 aliphatic carbocycles. The summed E-state index contributed by atoms with van der Waals surface area (Å²) < 4.78 is 13.1. The zero-order valence-corrected chi connectivity index (χ0v) is 31.5. The van der Waals surface area contributed by atoms with Gasteiger partial charge in [0.2, 0.25) is 0 Å². The highest BCUT2D eigenvalue weighted by Gasteiger charge is 2.47. The molecule has 0 radical (unpaired) electrons. The number of carbonyl (C=O) groups is 2. The Hall–Kier alpha value is -2.98. The Morgan fingerprint density at radius 1 is 0.915 bits per heavy atom. The SMILES string of the molecule is CN(Cc1ccc(Cl)nc1)C(=O)c1ccc(C[C@@H]2CC[C@H]([C@H](O[Si](C)(C)C(C)(C)C)c3ccc(Cl)nc3)N2C(=O)OC(C)(C)C)cc1. The average Bonchev–Trinajstić information content (AvgIpc) is 3.39. The lowest BCUT2D eigenvalue weighted by Crippen LogP contribution is -2.50. The standard InChI is InChI=1S/C36H48Cl2N4O4Si/c1-35(2,3)45-34(44)42-28(16-17-29(42)32(27-15-19-31(38)40-22-27)46-47(8,9)36(4,5)6)20-24-10-13-26(14-11-24)33(43)41(7)23-25-12-18-30(37)39-21-25/h10-15,18-19,21-22,28-29,32H,16-17,20,23H2,1-9H3/t28-,29+,32+/m0/s1. The van der Waals surface area contributed by atoms with Crippen molar-refractivity contribution >= 4 is 43.5 Å². The number of aromatic nitrogens is 2. The van der Waals surface area contributed by atoms with Gasteiger partial charge in [-0.15, -0.1) is 0 Å². The van der Waals surface area contributed by atoms with Crippen molar-refractivity contribution in [3.8, 4) is 0 Å². The van der Waals surface area contributed by atoms with E-state index in [1.807, 2.05) is 62.1 Å². The number of carbonyl (C=O) groups excluding carboxylic acids is 2. The number of nitrogens with zero attached hydrogens (tertiary/aromatic N) is 4.